The highest BCUT2D eigenvalue weighted by Gasteiger charge is 2.17. The van der Waals surface area contributed by atoms with Gasteiger partial charge in [-0.3, -0.25) is 0 Å². The second-order valence-electron chi connectivity index (χ2n) is 5.81. The van der Waals surface area contributed by atoms with Crippen molar-refractivity contribution < 1.29 is 0 Å². The lowest BCUT2D eigenvalue weighted by Crippen LogP contribution is -2.41. The van der Waals surface area contributed by atoms with Crippen molar-refractivity contribution in [1.82, 2.24) is 15.5 Å². The first-order chi connectivity index (χ1) is 9.95. The highest BCUT2D eigenvalue weighted by atomic mass is 32.1. The van der Waals surface area contributed by atoms with Crippen LogP contribution in [0.3, 0.4) is 0 Å². The lowest BCUT2D eigenvalue weighted by Gasteiger charge is -2.27. The van der Waals surface area contributed by atoms with E-state index in [0.717, 1.165) is 13.0 Å². The van der Waals surface area contributed by atoms with Crippen LogP contribution in [-0.4, -0.2) is 44.7 Å². The molecule has 4 nitrogen and oxygen atoms in total. The number of rotatable bonds is 5. The standard InChI is InChI=1S/C16H24N4S/c1-19(2)10-9-13-11-15(18-16(21)17-13)12-5-7-14(8-6-12)20(3)4/h5-8,11,15H,9-10H2,1-4H3,(H2,17,18,21). The number of thiocarbonyl (C=S) groups is 1. The van der Waals surface area contributed by atoms with Crippen LogP contribution in [-0.2, 0) is 0 Å². The molecule has 114 valence electrons. The van der Waals surface area contributed by atoms with Crippen molar-refractivity contribution in [2.45, 2.75) is 12.5 Å². The van der Waals surface area contributed by atoms with Crippen molar-refractivity contribution in [1.29, 1.82) is 0 Å². The summed E-state index contributed by atoms with van der Waals surface area (Å²) in [7, 11) is 8.26. The summed E-state index contributed by atoms with van der Waals surface area (Å²) in [5.74, 6) is 0. The van der Waals surface area contributed by atoms with E-state index in [9.17, 15) is 0 Å². The zero-order valence-corrected chi connectivity index (χ0v) is 14.0. The highest BCUT2D eigenvalue weighted by Crippen LogP contribution is 2.22. The van der Waals surface area contributed by atoms with Gasteiger partial charge < -0.3 is 20.4 Å². The fourth-order valence-corrected chi connectivity index (χ4v) is 2.51. The van der Waals surface area contributed by atoms with Crippen molar-refractivity contribution in [3.63, 3.8) is 0 Å². The van der Waals surface area contributed by atoms with Crippen LogP contribution in [0.4, 0.5) is 5.69 Å². The molecule has 0 aliphatic carbocycles. The Hall–Kier alpha value is -1.59. The number of hydrogen-bond donors (Lipinski definition) is 2. The van der Waals surface area contributed by atoms with Gasteiger partial charge >= 0.3 is 0 Å². The summed E-state index contributed by atoms with van der Waals surface area (Å²) < 4.78 is 0. The van der Waals surface area contributed by atoms with E-state index in [4.69, 9.17) is 12.2 Å². The topological polar surface area (TPSA) is 30.5 Å². The Morgan fingerprint density at radius 2 is 1.76 bits per heavy atom. The van der Waals surface area contributed by atoms with Crippen LogP contribution in [0.5, 0.6) is 0 Å². The molecule has 1 aromatic rings. The molecule has 0 bridgehead atoms. The maximum atomic E-state index is 5.32. The van der Waals surface area contributed by atoms with Gasteiger partial charge in [0.15, 0.2) is 5.11 Å². The summed E-state index contributed by atoms with van der Waals surface area (Å²) in [6.45, 7) is 1.01. The maximum absolute atomic E-state index is 5.32. The molecule has 2 rings (SSSR count). The van der Waals surface area contributed by atoms with Crippen LogP contribution in [0, 0.1) is 0 Å². The summed E-state index contributed by atoms with van der Waals surface area (Å²) in [6.07, 6.45) is 3.20. The van der Waals surface area contributed by atoms with Gasteiger partial charge in [0.25, 0.3) is 0 Å². The lowest BCUT2D eigenvalue weighted by atomic mass is 10.0. The van der Waals surface area contributed by atoms with Crippen molar-refractivity contribution in [2.75, 3.05) is 39.6 Å². The predicted molar refractivity (Wildman–Crippen MR) is 93.6 cm³/mol. The molecule has 0 aromatic heterocycles. The first-order valence-electron chi connectivity index (χ1n) is 7.16. The Morgan fingerprint density at radius 3 is 2.33 bits per heavy atom. The van der Waals surface area contributed by atoms with Crippen LogP contribution in [0.2, 0.25) is 0 Å². The number of nitrogens with zero attached hydrogens (tertiary/aromatic N) is 2. The highest BCUT2D eigenvalue weighted by molar-refractivity contribution is 7.80. The molecule has 1 aliphatic rings. The molecule has 0 saturated heterocycles. The Morgan fingerprint density at radius 1 is 1.10 bits per heavy atom. The number of nitrogens with one attached hydrogen (secondary N) is 2. The third kappa shape index (κ3) is 4.44. The Balaban J connectivity index is 2.13. The number of benzene rings is 1. The lowest BCUT2D eigenvalue weighted by molar-refractivity contribution is 0.409. The van der Waals surface area contributed by atoms with E-state index >= 15 is 0 Å². The molecule has 0 amide bonds. The summed E-state index contributed by atoms with van der Waals surface area (Å²) in [5, 5.41) is 7.27. The number of hydrogen-bond acceptors (Lipinski definition) is 3. The molecule has 1 heterocycles. The van der Waals surface area contributed by atoms with Gasteiger partial charge in [0.2, 0.25) is 0 Å². The normalized spacial score (nSPS) is 18.0. The van der Waals surface area contributed by atoms with Gasteiger partial charge in [-0.25, -0.2) is 0 Å². The minimum Gasteiger partial charge on any atom is -0.378 e. The summed E-state index contributed by atoms with van der Waals surface area (Å²) >= 11 is 5.32. The van der Waals surface area contributed by atoms with Gasteiger partial charge in [0.1, 0.15) is 0 Å². The zero-order chi connectivity index (χ0) is 15.4. The maximum Gasteiger partial charge on any atom is 0.171 e. The molecule has 1 aliphatic heterocycles. The van der Waals surface area contributed by atoms with E-state index in [1.807, 2.05) is 14.1 Å². The van der Waals surface area contributed by atoms with Crippen LogP contribution in [0.1, 0.15) is 18.0 Å². The summed E-state index contributed by atoms with van der Waals surface area (Å²) in [5.41, 5.74) is 3.62. The molecule has 0 fully saturated rings. The van der Waals surface area contributed by atoms with E-state index in [0.29, 0.717) is 5.11 Å². The molecule has 0 spiro atoms. The summed E-state index contributed by atoms with van der Waals surface area (Å²) in [6, 6.07) is 8.72. The van der Waals surface area contributed by atoms with Gasteiger partial charge in [-0.15, -0.1) is 0 Å². The third-order valence-corrected chi connectivity index (χ3v) is 3.75. The van der Waals surface area contributed by atoms with E-state index in [1.54, 1.807) is 0 Å². The molecule has 21 heavy (non-hydrogen) atoms. The molecular formula is C16H24N4S. The van der Waals surface area contributed by atoms with E-state index in [-0.39, 0.29) is 6.04 Å². The van der Waals surface area contributed by atoms with Crippen LogP contribution in [0.15, 0.2) is 36.0 Å². The zero-order valence-electron chi connectivity index (χ0n) is 13.2. The van der Waals surface area contributed by atoms with Crippen molar-refractivity contribution in [2.24, 2.45) is 0 Å². The SMILES string of the molecule is CN(C)CCC1=CC(c2ccc(N(C)C)cc2)NC(=S)N1. The average molecular weight is 304 g/mol. The largest absolute Gasteiger partial charge is 0.378 e. The van der Waals surface area contributed by atoms with Gasteiger partial charge in [-0.1, -0.05) is 12.1 Å². The van der Waals surface area contributed by atoms with Crippen LogP contribution < -0.4 is 15.5 Å². The first-order valence-corrected chi connectivity index (χ1v) is 7.57. The second-order valence-corrected chi connectivity index (χ2v) is 6.22. The Labute approximate surface area is 132 Å². The van der Waals surface area contributed by atoms with Crippen LogP contribution >= 0.6 is 12.2 Å². The molecule has 1 atom stereocenters. The predicted octanol–water partition coefficient (Wildman–Crippen LogP) is 2.11. The van der Waals surface area contributed by atoms with Gasteiger partial charge in [0.05, 0.1) is 6.04 Å². The van der Waals surface area contributed by atoms with Gasteiger partial charge in [-0.2, -0.15) is 0 Å². The van der Waals surface area contributed by atoms with E-state index in [2.05, 4.69) is 64.9 Å². The fraction of sp³-hybridized carbons (Fsp3) is 0.438. The second kappa shape index (κ2) is 6.91. The molecule has 0 saturated carbocycles. The van der Waals surface area contributed by atoms with Gasteiger partial charge in [0, 0.05) is 38.4 Å². The van der Waals surface area contributed by atoms with E-state index < -0.39 is 0 Å². The smallest absolute Gasteiger partial charge is 0.171 e. The minimum atomic E-state index is 0.145. The first kappa shape index (κ1) is 15.8. The quantitative estimate of drug-likeness (QED) is 0.814. The Kier molecular flexibility index (Phi) is 5.20. The van der Waals surface area contributed by atoms with E-state index in [1.165, 1.54) is 16.9 Å². The molecule has 5 heteroatoms. The molecule has 2 N–H and O–H groups in total. The third-order valence-electron chi connectivity index (χ3n) is 3.53. The molecule has 0 radical (unpaired) electrons. The average Bonchev–Trinajstić information content (AvgIpc) is 2.44. The number of anilines is 1. The molecule has 1 aromatic carbocycles. The molecular weight excluding hydrogens is 280 g/mol. The van der Waals surface area contributed by atoms with Crippen molar-refractivity contribution in [3.05, 3.63) is 41.6 Å². The van der Waals surface area contributed by atoms with Crippen LogP contribution in [0.25, 0.3) is 0 Å². The fourth-order valence-electron chi connectivity index (χ4n) is 2.26. The summed E-state index contributed by atoms with van der Waals surface area (Å²) in [4.78, 5) is 4.27. The minimum absolute atomic E-state index is 0.145. The monoisotopic (exact) mass is 304 g/mol. The van der Waals surface area contributed by atoms with Crippen molar-refractivity contribution in [3.8, 4) is 0 Å². The molecule has 1 unspecified atom stereocenters. The van der Waals surface area contributed by atoms with Gasteiger partial charge in [-0.05, 0) is 50.1 Å². The van der Waals surface area contributed by atoms with Crippen molar-refractivity contribution >= 4 is 23.0 Å². The Bertz CT molecular complexity index is 520.